The van der Waals surface area contributed by atoms with E-state index in [1.807, 2.05) is 18.2 Å². The number of hydrogen-bond donors (Lipinski definition) is 0. The number of rotatable bonds is 1. The minimum Gasteiger partial charge on any atom is -0.456 e. The average Bonchev–Trinajstić information content (AvgIpc) is 2.90. The number of fused-ring (bicyclic) bond motifs is 2. The van der Waals surface area contributed by atoms with Gasteiger partial charge < -0.3 is 4.42 Å². The summed E-state index contributed by atoms with van der Waals surface area (Å²) in [6.07, 6.45) is 0. The summed E-state index contributed by atoms with van der Waals surface area (Å²) in [5.74, 6) is 0.929. The third-order valence-electron chi connectivity index (χ3n) is 3.48. The molecule has 0 fully saturated rings. The van der Waals surface area contributed by atoms with Crippen LogP contribution in [0.2, 0.25) is 0 Å². The minimum atomic E-state index is 0.929. The highest BCUT2D eigenvalue weighted by Crippen LogP contribution is 2.32. The van der Waals surface area contributed by atoms with Crippen LogP contribution >= 0.6 is 0 Å². The van der Waals surface area contributed by atoms with Gasteiger partial charge in [-0.1, -0.05) is 60.7 Å². The fourth-order valence-electron chi connectivity index (χ4n) is 2.55. The summed E-state index contributed by atoms with van der Waals surface area (Å²) in [5.41, 5.74) is 2.08. The molecule has 0 aliphatic carbocycles. The molecule has 3 aromatic carbocycles. The first-order valence-corrected chi connectivity index (χ1v) is 6.38. The highest BCUT2D eigenvalue weighted by molar-refractivity contribution is 5.97. The molecule has 1 heteroatoms. The van der Waals surface area contributed by atoms with Gasteiger partial charge in [-0.25, -0.2) is 0 Å². The molecule has 1 nitrogen and oxygen atoms in total. The lowest BCUT2D eigenvalue weighted by Crippen LogP contribution is -1.77. The Morgan fingerprint density at radius 1 is 0.632 bits per heavy atom. The highest BCUT2D eigenvalue weighted by Gasteiger charge is 2.08. The molecule has 0 saturated heterocycles. The first kappa shape index (κ1) is 10.4. The Morgan fingerprint density at radius 2 is 1.37 bits per heavy atom. The summed E-state index contributed by atoms with van der Waals surface area (Å²) < 4.78 is 5.96. The van der Waals surface area contributed by atoms with Gasteiger partial charge in [0.05, 0.1) is 0 Å². The largest absolute Gasteiger partial charge is 0.456 e. The van der Waals surface area contributed by atoms with Gasteiger partial charge in [0.25, 0.3) is 0 Å². The molecule has 0 bridgehead atoms. The molecule has 0 amide bonds. The molecular formula is C18H12O. The van der Waals surface area contributed by atoms with Crippen LogP contribution in [0.1, 0.15) is 0 Å². The van der Waals surface area contributed by atoms with Gasteiger partial charge in [0.15, 0.2) is 0 Å². The Hall–Kier alpha value is -2.54. The van der Waals surface area contributed by atoms with Gasteiger partial charge in [-0.2, -0.15) is 0 Å². The van der Waals surface area contributed by atoms with Crippen molar-refractivity contribution in [3.63, 3.8) is 0 Å². The topological polar surface area (TPSA) is 13.1 Å². The van der Waals surface area contributed by atoms with Crippen LogP contribution in [0.5, 0.6) is 0 Å². The molecule has 4 aromatic rings. The van der Waals surface area contributed by atoms with Crippen LogP contribution < -0.4 is 0 Å². The van der Waals surface area contributed by atoms with E-state index in [0.29, 0.717) is 0 Å². The second-order valence-electron chi connectivity index (χ2n) is 4.68. The van der Waals surface area contributed by atoms with Gasteiger partial charge in [0.2, 0.25) is 0 Å². The first-order chi connectivity index (χ1) is 9.42. The molecule has 0 aliphatic heterocycles. The van der Waals surface area contributed by atoms with Crippen molar-refractivity contribution in [1.29, 1.82) is 0 Å². The maximum absolute atomic E-state index is 5.96. The van der Waals surface area contributed by atoms with Crippen molar-refractivity contribution >= 4 is 21.7 Å². The van der Waals surface area contributed by atoms with Gasteiger partial charge in [-0.3, -0.25) is 0 Å². The molecule has 1 heterocycles. The molecule has 0 N–H and O–H groups in total. The Labute approximate surface area is 111 Å². The van der Waals surface area contributed by atoms with Crippen LogP contribution in [0, 0.1) is 0 Å². The lowest BCUT2D eigenvalue weighted by molar-refractivity contribution is 0.632. The van der Waals surface area contributed by atoms with E-state index in [1.165, 1.54) is 10.8 Å². The van der Waals surface area contributed by atoms with Crippen LogP contribution in [0.25, 0.3) is 33.1 Å². The van der Waals surface area contributed by atoms with E-state index < -0.39 is 0 Å². The van der Waals surface area contributed by atoms with E-state index >= 15 is 0 Å². The van der Waals surface area contributed by atoms with Crippen molar-refractivity contribution in [2.24, 2.45) is 0 Å². The molecule has 90 valence electrons. The van der Waals surface area contributed by atoms with Gasteiger partial charge >= 0.3 is 0 Å². The maximum Gasteiger partial charge on any atom is 0.136 e. The predicted molar refractivity (Wildman–Crippen MR) is 79.2 cm³/mol. The Bertz CT molecular complexity index is 833. The standard InChI is InChI=1S/C18H12O/c1-3-9-15-13(6-1)8-5-10-16(15)18-12-14-7-2-4-11-17(14)19-18/h1-12H. The minimum absolute atomic E-state index is 0.929. The van der Waals surface area contributed by atoms with Crippen LogP contribution in [0.15, 0.2) is 77.2 Å². The summed E-state index contributed by atoms with van der Waals surface area (Å²) in [4.78, 5) is 0. The molecule has 0 aliphatic rings. The normalized spacial score (nSPS) is 11.2. The van der Waals surface area contributed by atoms with E-state index in [-0.39, 0.29) is 0 Å². The summed E-state index contributed by atoms with van der Waals surface area (Å²) >= 11 is 0. The number of hydrogen-bond acceptors (Lipinski definition) is 1. The van der Waals surface area contributed by atoms with E-state index in [2.05, 4.69) is 54.6 Å². The third-order valence-corrected chi connectivity index (χ3v) is 3.48. The SMILES string of the molecule is c1ccc2oc(-c3cccc4ccccc34)cc2c1. The van der Waals surface area contributed by atoms with Crippen molar-refractivity contribution in [3.8, 4) is 11.3 Å². The van der Waals surface area contributed by atoms with E-state index in [4.69, 9.17) is 4.42 Å². The van der Waals surface area contributed by atoms with Crippen molar-refractivity contribution in [1.82, 2.24) is 0 Å². The molecular weight excluding hydrogens is 232 g/mol. The van der Waals surface area contributed by atoms with Crippen molar-refractivity contribution < 1.29 is 4.42 Å². The van der Waals surface area contributed by atoms with E-state index in [0.717, 1.165) is 22.3 Å². The average molecular weight is 244 g/mol. The van der Waals surface area contributed by atoms with Gasteiger partial charge in [0, 0.05) is 10.9 Å². The Kier molecular flexibility index (Phi) is 2.18. The van der Waals surface area contributed by atoms with Gasteiger partial charge in [0.1, 0.15) is 11.3 Å². The molecule has 4 rings (SSSR count). The first-order valence-electron chi connectivity index (χ1n) is 6.38. The molecule has 0 atom stereocenters. The van der Waals surface area contributed by atoms with Crippen LogP contribution in [0.4, 0.5) is 0 Å². The zero-order valence-electron chi connectivity index (χ0n) is 10.3. The van der Waals surface area contributed by atoms with E-state index in [9.17, 15) is 0 Å². The molecule has 0 unspecified atom stereocenters. The third kappa shape index (κ3) is 1.63. The predicted octanol–water partition coefficient (Wildman–Crippen LogP) is 5.25. The quantitative estimate of drug-likeness (QED) is 0.445. The lowest BCUT2D eigenvalue weighted by atomic mass is 10.0. The highest BCUT2D eigenvalue weighted by atomic mass is 16.3. The number of furan rings is 1. The smallest absolute Gasteiger partial charge is 0.136 e. The number of para-hydroxylation sites is 1. The van der Waals surface area contributed by atoms with Gasteiger partial charge in [-0.15, -0.1) is 0 Å². The summed E-state index contributed by atoms with van der Waals surface area (Å²) in [5, 5.41) is 3.61. The van der Waals surface area contributed by atoms with Crippen LogP contribution in [0.3, 0.4) is 0 Å². The summed E-state index contributed by atoms with van der Waals surface area (Å²) in [6.45, 7) is 0. The summed E-state index contributed by atoms with van der Waals surface area (Å²) in [7, 11) is 0. The zero-order valence-corrected chi connectivity index (χ0v) is 10.3. The second-order valence-corrected chi connectivity index (χ2v) is 4.68. The lowest BCUT2D eigenvalue weighted by Gasteiger charge is -2.03. The van der Waals surface area contributed by atoms with Gasteiger partial charge in [-0.05, 0) is 22.9 Å². The summed E-state index contributed by atoms with van der Waals surface area (Å²) in [6, 6.07) is 24.9. The molecule has 0 radical (unpaired) electrons. The molecule has 0 spiro atoms. The number of benzene rings is 3. The fraction of sp³-hybridized carbons (Fsp3) is 0. The second kappa shape index (κ2) is 3.99. The Morgan fingerprint density at radius 3 is 2.26 bits per heavy atom. The van der Waals surface area contributed by atoms with Crippen molar-refractivity contribution in [2.75, 3.05) is 0 Å². The molecule has 0 saturated carbocycles. The van der Waals surface area contributed by atoms with Crippen molar-refractivity contribution in [2.45, 2.75) is 0 Å². The van der Waals surface area contributed by atoms with Crippen molar-refractivity contribution in [3.05, 3.63) is 72.8 Å². The maximum atomic E-state index is 5.96. The monoisotopic (exact) mass is 244 g/mol. The Balaban J connectivity index is 2.03. The zero-order chi connectivity index (χ0) is 12.7. The van der Waals surface area contributed by atoms with Crippen LogP contribution in [-0.4, -0.2) is 0 Å². The van der Waals surface area contributed by atoms with Crippen LogP contribution in [-0.2, 0) is 0 Å². The fourth-order valence-corrected chi connectivity index (χ4v) is 2.55. The van der Waals surface area contributed by atoms with E-state index in [1.54, 1.807) is 0 Å². The molecule has 19 heavy (non-hydrogen) atoms. The molecule has 1 aromatic heterocycles.